The smallest absolute Gasteiger partial charge is 0.250 e. The van der Waals surface area contributed by atoms with Crippen LogP contribution in [0.5, 0.6) is 5.75 Å². The monoisotopic (exact) mass is 495 g/mol. The Labute approximate surface area is 206 Å². The van der Waals surface area contributed by atoms with Crippen molar-refractivity contribution in [1.82, 2.24) is 14.6 Å². The molecule has 8 nitrogen and oxygen atoms in total. The summed E-state index contributed by atoms with van der Waals surface area (Å²) in [6, 6.07) is 14.6. The van der Waals surface area contributed by atoms with E-state index in [0.29, 0.717) is 47.1 Å². The molecule has 0 saturated carbocycles. The number of anilines is 2. The predicted molar refractivity (Wildman–Crippen MR) is 134 cm³/mol. The van der Waals surface area contributed by atoms with Gasteiger partial charge in [0.15, 0.2) is 5.82 Å². The fraction of sp³-hybridized carbons (Fsp3) is 0.240. The Kier molecular flexibility index (Phi) is 7.84. The number of carbonyl (C=O) groups excluding carboxylic acids is 1. The van der Waals surface area contributed by atoms with E-state index in [4.69, 9.17) is 15.2 Å². The van der Waals surface area contributed by atoms with Gasteiger partial charge >= 0.3 is 0 Å². The molecule has 3 N–H and O–H groups in total. The van der Waals surface area contributed by atoms with Gasteiger partial charge in [0.25, 0.3) is 5.91 Å². The van der Waals surface area contributed by atoms with Gasteiger partial charge in [0.2, 0.25) is 0 Å². The van der Waals surface area contributed by atoms with Gasteiger partial charge < -0.3 is 20.5 Å². The fourth-order valence-electron chi connectivity index (χ4n) is 3.67. The Morgan fingerprint density at radius 2 is 2.09 bits per heavy atom. The number of ether oxygens (including phenoxy) is 2. The highest BCUT2D eigenvalue weighted by Gasteiger charge is 2.21. The van der Waals surface area contributed by atoms with Crippen molar-refractivity contribution in [3.05, 3.63) is 78.0 Å². The molecule has 10 heteroatoms. The Morgan fingerprint density at radius 1 is 1.29 bits per heavy atom. The van der Waals surface area contributed by atoms with Crippen LogP contribution in [0.4, 0.5) is 15.9 Å². The lowest BCUT2D eigenvalue weighted by Crippen LogP contribution is -2.16. The number of thioether (sulfide) groups is 1. The Balaban J connectivity index is 0.000000308. The maximum absolute atomic E-state index is 13.7. The molecular weight excluding hydrogens is 469 g/mol. The van der Waals surface area contributed by atoms with Gasteiger partial charge in [0, 0.05) is 23.6 Å². The average molecular weight is 496 g/mol. The Morgan fingerprint density at radius 3 is 2.74 bits per heavy atom. The van der Waals surface area contributed by atoms with E-state index in [0.717, 1.165) is 6.42 Å². The molecule has 0 spiro atoms. The third-order valence-corrected chi connectivity index (χ3v) is 6.19. The maximum Gasteiger partial charge on any atom is 0.250 e. The molecule has 35 heavy (non-hydrogen) atoms. The van der Waals surface area contributed by atoms with Crippen molar-refractivity contribution in [1.29, 1.82) is 0 Å². The van der Waals surface area contributed by atoms with Crippen LogP contribution >= 0.6 is 11.8 Å². The first-order valence-corrected chi connectivity index (χ1v) is 12.2. The second-order valence-electron chi connectivity index (χ2n) is 7.82. The third-order valence-electron chi connectivity index (χ3n) is 5.45. The van der Waals surface area contributed by atoms with Crippen molar-refractivity contribution in [2.24, 2.45) is 5.73 Å². The first-order chi connectivity index (χ1) is 17.0. The lowest BCUT2D eigenvalue weighted by molar-refractivity contribution is 0.1000. The van der Waals surface area contributed by atoms with E-state index < -0.39 is 11.7 Å². The summed E-state index contributed by atoms with van der Waals surface area (Å²) in [6.07, 6.45) is 5.60. The van der Waals surface area contributed by atoms with Crippen molar-refractivity contribution >= 4 is 34.7 Å². The van der Waals surface area contributed by atoms with Crippen LogP contribution in [0.25, 0.3) is 5.52 Å². The number of carbonyl (C=O) groups is 1. The quantitative estimate of drug-likeness (QED) is 0.377. The van der Waals surface area contributed by atoms with Crippen LogP contribution < -0.4 is 15.8 Å². The Hall–Kier alpha value is -3.63. The predicted octanol–water partition coefficient (Wildman–Crippen LogP) is 4.60. The van der Waals surface area contributed by atoms with Crippen LogP contribution in [0, 0.1) is 12.7 Å². The zero-order chi connectivity index (χ0) is 24.8. The molecule has 0 aliphatic carbocycles. The number of aryl methyl sites for hydroxylation is 1. The lowest BCUT2D eigenvalue weighted by Gasteiger charge is -2.17. The number of halogens is 1. The molecular formula is C25H26FN5O3S. The van der Waals surface area contributed by atoms with Gasteiger partial charge in [-0.2, -0.15) is 5.10 Å². The first-order valence-electron chi connectivity index (χ1n) is 11.0. The maximum atomic E-state index is 13.7. The molecule has 0 radical (unpaired) electrons. The van der Waals surface area contributed by atoms with E-state index in [9.17, 15) is 9.18 Å². The zero-order valence-electron chi connectivity index (χ0n) is 19.4. The largest absolute Gasteiger partial charge is 0.486 e. The molecule has 1 aliphatic rings. The number of nitrogens with zero attached hydrogens (tertiary/aromatic N) is 3. The normalized spacial score (nSPS) is 14.9. The van der Waals surface area contributed by atoms with E-state index in [-0.39, 0.29) is 6.10 Å². The van der Waals surface area contributed by atoms with Crippen LogP contribution in [0.15, 0.2) is 66.0 Å². The molecule has 1 atom stereocenters. The second kappa shape index (κ2) is 11.2. The van der Waals surface area contributed by atoms with Gasteiger partial charge in [-0.3, -0.25) is 4.79 Å². The molecule has 0 bridgehead atoms. The van der Waals surface area contributed by atoms with Crippen molar-refractivity contribution in [2.45, 2.75) is 24.3 Å². The number of amides is 1. The highest BCUT2D eigenvalue weighted by atomic mass is 32.2. The summed E-state index contributed by atoms with van der Waals surface area (Å²) in [5.74, 6) is -0.135. The number of nitrogens with one attached hydrogen (secondary N) is 1. The van der Waals surface area contributed by atoms with Gasteiger partial charge in [-0.25, -0.2) is 13.9 Å². The zero-order valence-corrected chi connectivity index (χ0v) is 20.2. The van der Waals surface area contributed by atoms with Crippen LogP contribution in [0.1, 0.15) is 22.3 Å². The van der Waals surface area contributed by atoms with Crippen molar-refractivity contribution in [2.75, 3.05) is 24.8 Å². The minimum absolute atomic E-state index is 0.130. The number of nitrogens with two attached hydrogens (primary N) is 1. The van der Waals surface area contributed by atoms with Gasteiger partial charge in [-0.05, 0) is 43.0 Å². The molecule has 2 aromatic carbocycles. The van der Waals surface area contributed by atoms with E-state index in [1.54, 1.807) is 30.9 Å². The van der Waals surface area contributed by atoms with Crippen LogP contribution in [-0.2, 0) is 4.74 Å². The number of hydrogen-bond donors (Lipinski definition) is 2. The summed E-state index contributed by atoms with van der Waals surface area (Å²) >= 11 is 1.77. The number of benzene rings is 2. The highest BCUT2D eigenvalue weighted by Crippen LogP contribution is 2.32. The Bertz CT molecular complexity index is 1310. The molecule has 1 saturated heterocycles. The number of fused-ring (bicyclic) bond motifs is 1. The second-order valence-corrected chi connectivity index (χ2v) is 8.70. The third kappa shape index (κ3) is 5.90. The minimum atomic E-state index is -0.545. The van der Waals surface area contributed by atoms with Crippen LogP contribution in [-0.4, -0.2) is 46.1 Å². The molecule has 2 aromatic heterocycles. The summed E-state index contributed by atoms with van der Waals surface area (Å²) < 4.78 is 26.5. The number of hydrogen-bond acceptors (Lipinski definition) is 7. The molecule has 1 aliphatic heterocycles. The fourth-order valence-corrected chi connectivity index (χ4v) is 4.10. The van der Waals surface area contributed by atoms with Gasteiger partial charge in [0.05, 0.1) is 24.5 Å². The standard InChI is InChI=1S/C18H18FN5O3.C7H8S/c1-10-13(17(20)25)7-24-16(10)18(21-9-22-24)23-14-3-2-11(19)6-15(14)27-12-4-5-26-8-12;1-8-7-5-3-2-4-6-7/h2-3,6-7,9,12H,4-5,8H2,1H3,(H2,20,25)(H,21,22,23);2-6H,1H3. The van der Waals surface area contributed by atoms with Crippen molar-refractivity contribution in [3.63, 3.8) is 0 Å². The SMILES string of the molecule is CSc1ccccc1.Cc1c(C(N)=O)cn2ncnc(Nc3ccc(F)cc3OC3CCOC3)c12. The van der Waals surface area contributed by atoms with E-state index in [1.165, 1.54) is 27.9 Å². The lowest BCUT2D eigenvalue weighted by atomic mass is 10.2. The molecule has 1 amide bonds. The minimum Gasteiger partial charge on any atom is -0.486 e. The van der Waals surface area contributed by atoms with Crippen LogP contribution in [0.3, 0.4) is 0 Å². The van der Waals surface area contributed by atoms with Gasteiger partial charge in [-0.1, -0.05) is 18.2 Å². The van der Waals surface area contributed by atoms with Crippen LogP contribution in [0.2, 0.25) is 0 Å². The summed E-state index contributed by atoms with van der Waals surface area (Å²) in [7, 11) is 0. The van der Waals surface area contributed by atoms with E-state index in [2.05, 4.69) is 33.8 Å². The number of aromatic nitrogens is 3. The summed E-state index contributed by atoms with van der Waals surface area (Å²) in [5.41, 5.74) is 7.58. The molecule has 182 valence electrons. The summed E-state index contributed by atoms with van der Waals surface area (Å²) in [6.45, 7) is 2.85. The van der Waals surface area contributed by atoms with E-state index >= 15 is 0 Å². The molecule has 4 aromatic rings. The van der Waals surface area contributed by atoms with Crippen molar-refractivity contribution in [3.8, 4) is 5.75 Å². The molecule has 1 unspecified atom stereocenters. The van der Waals surface area contributed by atoms with Gasteiger partial charge in [-0.15, -0.1) is 11.8 Å². The summed E-state index contributed by atoms with van der Waals surface area (Å²) in [5, 5.41) is 7.27. The molecule has 5 rings (SSSR count). The number of rotatable bonds is 6. The first kappa shape index (κ1) is 24.5. The van der Waals surface area contributed by atoms with Crippen molar-refractivity contribution < 1.29 is 18.7 Å². The topological polar surface area (TPSA) is 104 Å². The molecule has 3 heterocycles. The van der Waals surface area contributed by atoms with Gasteiger partial charge in [0.1, 0.15) is 29.5 Å². The highest BCUT2D eigenvalue weighted by molar-refractivity contribution is 7.98. The number of primary amides is 1. The average Bonchev–Trinajstić information content (AvgIpc) is 3.50. The summed E-state index contributed by atoms with van der Waals surface area (Å²) in [4.78, 5) is 17.2. The van der Waals surface area contributed by atoms with E-state index in [1.807, 2.05) is 18.2 Å². The molecule has 1 fully saturated rings.